The van der Waals surface area contributed by atoms with Gasteiger partial charge < -0.3 is 11.5 Å². The molecule has 1 aliphatic heterocycles. The molecule has 1 aromatic carbocycles. The normalized spacial score (nSPS) is 16.4. The van der Waals surface area contributed by atoms with Gasteiger partial charge in [-0.15, -0.1) is 12.4 Å². The molecule has 0 saturated carbocycles. The number of hydrogen-bond acceptors (Lipinski definition) is 6. The summed E-state index contributed by atoms with van der Waals surface area (Å²) >= 11 is 5.78. The third kappa shape index (κ3) is 3.77. The quantitative estimate of drug-likeness (QED) is 0.753. The number of carbonyl (C=O) groups is 1. The van der Waals surface area contributed by atoms with E-state index in [4.69, 9.17) is 23.1 Å². The molecule has 1 aromatic rings. The van der Waals surface area contributed by atoms with Crippen molar-refractivity contribution in [2.45, 2.75) is 19.5 Å². The molecule has 21 heavy (non-hydrogen) atoms. The third-order valence-electron chi connectivity index (χ3n) is 2.71. The molecule has 0 aliphatic carbocycles. The second kappa shape index (κ2) is 6.19. The van der Waals surface area contributed by atoms with E-state index in [9.17, 15) is 4.79 Å². The van der Waals surface area contributed by atoms with Crippen LogP contribution in [0.4, 0.5) is 0 Å². The lowest BCUT2D eigenvalue weighted by Gasteiger charge is -2.37. The number of benzene rings is 1. The first kappa shape index (κ1) is 17.1. The van der Waals surface area contributed by atoms with Crippen molar-refractivity contribution < 1.29 is 4.79 Å². The Labute approximate surface area is 133 Å². The van der Waals surface area contributed by atoms with Gasteiger partial charge in [0.1, 0.15) is 0 Å². The van der Waals surface area contributed by atoms with Gasteiger partial charge in [0.05, 0.1) is 0 Å². The van der Waals surface area contributed by atoms with Gasteiger partial charge >= 0.3 is 0 Å². The molecule has 2 rings (SSSR count). The van der Waals surface area contributed by atoms with E-state index in [-0.39, 0.29) is 30.2 Å². The molecule has 9 heteroatoms. The minimum absolute atomic E-state index is 0. The fourth-order valence-corrected chi connectivity index (χ4v) is 1.89. The van der Waals surface area contributed by atoms with Crippen molar-refractivity contribution in [1.82, 2.24) is 10.4 Å². The third-order valence-corrected chi connectivity index (χ3v) is 2.97. The van der Waals surface area contributed by atoms with Crippen molar-refractivity contribution in [2.24, 2.45) is 21.5 Å². The molecule has 5 N–H and O–H groups in total. The van der Waals surface area contributed by atoms with Crippen LogP contribution >= 0.6 is 24.0 Å². The van der Waals surface area contributed by atoms with E-state index in [1.165, 1.54) is 5.01 Å². The lowest BCUT2D eigenvalue weighted by molar-refractivity contribution is 0.0752. The number of guanidine groups is 2. The smallest absolute Gasteiger partial charge is 0.269 e. The SMILES string of the molecule is CC1(C)N=C(N)N=C(N)N1NC(=O)c1ccc(Cl)cc1.Cl. The van der Waals surface area contributed by atoms with E-state index in [0.29, 0.717) is 10.6 Å². The molecule has 1 amide bonds. The van der Waals surface area contributed by atoms with Gasteiger partial charge in [-0.2, -0.15) is 4.99 Å². The number of nitrogens with two attached hydrogens (primary N) is 2. The van der Waals surface area contributed by atoms with Crippen LogP contribution in [0.3, 0.4) is 0 Å². The first-order valence-corrected chi connectivity index (χ1v) is 6.24. The zero-order valence-corrected chi connectivity index (χ0v) is 13.1. The van der Waals surface area contributed by atoms with Crippen molar-refractivity contribution in [3.63, 3.8) is 0 Å². The number of carbonyl (C=O) groups excluding carboxylic acids is 1. The molecule has 0 spiro atoms. The average Bonchev–Trinajstić information content (AvgIpc) is 2.33. The number of amides is 1. The topological polar surface area (TPSA) is 109 Å². The Morgan fingerprint density at radius 2 is 1.86 bits per heavy atom. The lowest BCUT2D eigenvalue weighted by atomic mass is 10.2. The predicted molar refractivity (Wildman–Crippen MR) is 85.3 cm³/mol. The van der Waals surface area contributed by atoms with Crippen LogP contribution in [-0.4, -0.2) is 28.5 Å². The Balaban J connectivity index is 0.00000220. The number of nitrogens with zero attached hydrogens (tertiary/aromatic N) is 3. The maximum absolute atomic E-state index is 12.2. The van der Waals surface area contributed by atoms with Gasteiger partial charge in [-0.1, -0.05) is 11.6 Å². The molecule has 0 radical (unpaired) electrons. The van der Waals surface area contributed by atoms with Crippen LogP contribution in [0.25, 0.3) is 0 Å². The highest BCUT2D eigenvalue weighted by molar-refractivity contribution is 6.30. The number of hydrogen-bond donors (Lipinski definition) is 3. The molecule has 0 aromatic heterocycles. The summed E-state index contributed by atoms with van der Waals surface area (Å²) in [4.78, 5) is 20.1. The molecule has 0 saturated heterocycles. The summed E-state index contributed by atoms with van der Waals surface area (Å²) in [5.41, 5.74) is 13.6. The summed E-state index contributed by atoms with van der Waals surface area (Å²) in [6.07, 6.45) is 0. The van der Waals surface area contributed by atoms with Crippen LogP contribution in [0, 0.1) is 0 Å². The predicted octanol–water partition coefficient (Wildman–Crippen LogP) is 1.09. The zero-order valence-electron chi connectivity index (χ0n) is 11.5. The first-order valence-electron chi connectivity index (χ1n) is 5.86. The van der Waals surface area contributed by atoms with Crippen LogP contribution in [-0.2, 0) is 0 Å². The second-order valence-electron chi connectivity index (χ2n) is 4.72. The van der Waals surface area contributed by atoms with Crippen LogP contribution in [0.2, 0.25) is 5.02 Å². The van der Waals surface area contributed by atoms with Crippen molar-refractivity contribution in [2.75, 3.05) is 0 Å². The van der Waals surface area contributed by atoms with Crippen molar-refractivity contribution >= 4 is 41.8 Å². The number of aliphatic imine (C=N–C) groups is 2. The summed E-state index contributed by atoms with van der Waals surface area (Å²) in [7, 11) is 0. The summed E-state index contributed by atoms with van der Waals surface area (Å²) in [5.74, 6) is -0.196. The maximum atomic E-state index is 12.2. The number of rotatable bonds is 2. The van der Waals surface area contributed by atoms with Gasteiger partial charge in [-0.3, -0.25) is 10.2 Å². The van der Waals surface area contributed by atoms with Crippen molar-refractivity contribution in [1.29, 1.82) is 0 Å². The Morgan fingerprint density at radius 3 is 2.38 bits per heavy atom. The number of hydrazine groups is 1. The molecule has 7 nitrogen and oxygen atoms in total. The van der Waals surface area contributed by atoms with Gasteiger partial charge in [0.25, 0.3) is 5.91 Å². The largest absolute Gasteiger partial charge is 0.368 e. The van der Waals surface area contributed by atoms with Crippen LogP contribution in [0.5, 0.6) is 0 Å². The number of nitrogens with one attached hydrogen (secondary N) is 1. The van der Waals surface area contributed by atoms with Gasteiger partial charge in [0, 0.05) is 10.6 Å². The van der Waals surface area contributed by atoms with E-state index in [2.05, 4.69) is 15.4 Å². The van der Waals surface area contributed by atoms with Gasteiger partial charge in [0.2, 0.25) is 11.9 Å². The molecule has 0 atom stereocenters. The van der Waals surface area contributed by atoms with Crippen molar-refractivity contribution in [3.8, 4) is 0 Å². The Kier molecular flexibility index (Phi) is 5.03. The highest BCUT2D eigenvalue weighted by Gasteiger charge is 2.33. The highest BCUT2D eigenvalue weighted by Crippen LogP contribution is 2.17. The summed E-state index contributed by atoms with van der Waals surface area (Å²) in [6, 6.07) is 6.48. The van der Waals surface area contributed by atoms with E-state index >= 15 is 0 Å². The molecule has 0 unspecified atom stereocenters. The second-order valence-corrected chi connectivity index (χ2v) is 5.15. The molecular formula is C12H16Cl2N6O. The minimum Gasteiger partial charge on any atom is -0.368 e. The molecule has 114 valence electrons. The summed E-state index contributed by atoms with van der Waals surface area (Å²) in [6.45, 7) is 3.51. The zero-order chi connectivity index (χ0) is 14.9. The van der Waals surface area contributed by atoms with Crippen molar-refractivity contribution in [3.05, 3.63) is 34.9 Å². The summed E-state index contributed by atoms with van der Waals surface area (Å²) < 4.78 is 0. The highest BCUT2D eigenvalue weighted by atomic mass is 35.5. The van der Waals surface area contributed by atoms with E-state index in [1.54, 1.807) is 38.1 Å². The van der Waals surface area contributed by atoms with E-state index in [0.717, 1.165) is 0 Å². The molecule has 1 heterocycles. The van der Waals surface area contributed by atoms with Gasteiger partial charge in [-0.05, 0) is 38.1 Å². The summed E-state index contributed by atoms with van der Waals surface area (Å²) in [5, 5.41) is 1.92. The molecule has 0 bridgehead atoms. The Morgan fingerprint density at radius 1 is 1.29 bits per heavy atom. The fourth-order valence-electron chi connectivity index (χ4n) is 1.76. The standard InChI is InChI=1S/C12H15ClN6O.ClH/c1-12(2)17-10(14)16-11(15)19(12)18-9(20)7-3-5-8(13)6-4-7;/h3-6H,1-2H3,(H,18,20)(H4,14,15,16,17);1H. The lowest BCUT2D eigenvalue weighted by Crippen LogP contribution is -2.61. The molecule has 0 fully saturated rings. The number of halogens is 2. The van der Waals surface area contributed by atoms with E-state index in [1.807, 2.05) is 0 Å². The van der Waals surface area contributed by atoms with Crippen LogP contribution in [0.1, 0.15) is 24.2 Å². The first-order chi connectivity index (χ1) is 9.29. The Bertz CT molecular complexity index is 596. The van der Waals surface area contributed by atoms with Crippen LogP contribution in [0.15, 0.2) is 34.3 Å². The fraction of sp³-hybridized carbons (Fsp3) is 0.250. The molecular weight excluding hydrogens is 315 g/mol. The maximum Gasteiger partial charge on any atom is 0.269 e. The average molecular weight is 331 g/mol. The van der Waals surface area contributed by atoms with Crippen LogP contribution < -0.4 is 16.9 Å². The Hall–Kier alpha value is -1.99. The van der Waals surface area contributed by atoms with Gasteiger partial charge in [-0.25, -0.2) is 10.0 Å². The van der Waals surface area contributed by atoms with E-state index < -0.39 is 5.66 Å². The minimum atomic E-state index is -0.821. The van der Waals surface area contributed by atoms with Gasteiger partial charge in [0.15, 0.2) is 5.66 Å². The monoisotopic (exact) mass is 330 g/mol. The molecule has 1 aliphatic rings.